The first-order valence-electron chi connectivity index (χ1n) is 10.3. The standard InChI is InChI=1S/C23H27N3O4/c1-29-20-12-16-10-11-26(23(28)25-17-6-4-3-5-7-17)19(18(16)13-21(20)30-2)14-24-22(27)15-8-9-15/h3-7,12-13,15,19H,8-11,14H2,1-2H3,(H,24,27)(H,25,28). The van der Waals surface area contributed by atoms with Crippen LogP contribution in [0.2, 0.25) is 0 Å². The Balaban J connectivity index is 1.61. The summed E-state index contributed by atoms with van der Waals surface area (Å²) in [6.45, 7) is 0.908. The second kappa shape index (κ2) is 8.65. The minimum atomic E-state index is -0.292. The Morgan fingerprint density at radius 1 is 1.07 bits per heavy atom. The van der Waals surface area contributed by atoms with Gasteiger partial charge in [0.2, 0.25) is 5.91 Å². The highest BCUT2D eigenvalue weighted by molar-refractivity contribution is 5.90. The van der Waals surface area contributed by atoms with Crippen LogP contribution in [-0.2, 0) is 11.2 Å². The van der Waals surface area contributed by atoms with E-state index < -0.39 is 0 Å². The van der Waals surface area contributed by atoms with E-state index in [4.69, 9.17) is 9.47 Å². The maximum atomic E-state index is 13.1. The van der Waals surface area contributed by atoms with Crippen LogP contribution in [0.15, 0.2) is 42.5 Å². The van der Waals surface area contributed by atoms with Crippen LogP contribution in [0.1, 0.15) is 30.0 Å². The van der Waals surface area contributed by atoms with E-state index in [1.165, 1.54) is 0 Å². The van der Waals surface area contributed by atoms with E-state index in [-0.39, 0.29) is 23.9 Å². The number of hydrogen-bond acceptors (Lipinski definition) is 4. The number of para-hydroxylation sites is 1. The molecule has 2 aromatic carbocycles. The van der Waals surface area contributed by atoms with Crippen molar-refractivity contribution in [2.24, 2.45) is 5.92 Å². The van der Waals surface area contributed by atoms with Gasteiger partial charge >= 0.3 is 6.03 Å². The highest BCUT2D eigenvalue weighted by Crippen LogP contribution is 2.38. The van der Waals surface area contributed by atoms with Gasteiger partial charge in [0.25, 0.3) is 0 Å². The molecule has 2 N–H and O–H groups in total. The van der Waals surface area contributed by atoms with Crippen LogP contribution in [0, 0.1) is 5.92 Å². The number of carbonyl (C=O) groups is 2. The Labute approximate surface area is 176 Å². The lowest BCUT2D eigenvalue weighted by Crippen LogP contribution is -2.47. The summed E-state index contributed by atoms with van der Waals surface area (Å²) in [4.78, 5) is 27.2. The molecule has 7 heteroatoms. The first-order chi connectivity index (χ1) is 14.6. The van der Waals surface area contributed by atoms with Gasteiger partial charge in [0.1, 0.15) is 0 Å². The van der Waals surface area contributed by atoms with Crippen molar-refractivity contribution in [3.05, 3.63) is 53.6 Å². The molecule has 1 saturated carbocycles. The third-order valence-corrected chi connectivity index (χ3v) is 5.71. The number of fused-ring (bicyclic) bond motifs is 1. The molecule has 3 amide bonds. The summed E-state index contributed by atoms with van der Waals surface area (Å²) in [5, 5.41) is 6.00. The second-order valence-electron chi connectivity index (χ2n) is 7.68. The summed E-state index contributed by atoms with van der Waals surface area (Å²) < 4.78 is 10.9. The quantitative estimate of drug-likeness (QED) is 0.767. The zero-order valence-corrected chi connectivity index (χ0v) is 17.3. The van der Waals surface area contributed by atoms with Gasteiger partial charge in [-0.15, -0.1) is 0 Å². The SMILES string of the molecule is COc1cc2c(cc1OC)C(CNC(=O)C1CC1)N(C(=O)Nc1ccccc1)CC2. The van der Waals surface area contributed by atoms with Crippen molar-refractivity contribution in [2.45, 2.75) is 25.3 Å². The molecule has 2 aromatic rings. The minimum absolute atomic E-state index is 0.0611. The smallest absolute Gasteiger partial charge is 0.322 e. The fourth-order valence-electron chi connectivity index (χ4n) is 3.90. The predicted octanol–water partition coefficient (Wildman–Crippen LogP) is 3.36. The molecule has 7 nitrogen and oxygen atoms in total. The number of urea groups is 1. The Bertz CT molecular complexity index is 928. The lowest BCUT2D eigenvalue weighted by atomic mass is 9.91. The summed E-state index contributed by atoms with van der Waals surface area (Å²) in [5.41, 5.74) is 2.81. The fraction of sp³-hybridized carbons (Fsp3) is 0.391. The summed E-state index contributed by atoms with van der Waals surface area (Å²) in [6, 6.07) is 12.8. The Kier molecular flexibility index (Phi) is 5.79. The minimum Gasteiger partial charge on any atom is -0.493 e. The number of anilines is 1. The number of nitrogens with zero attached hydrogens (tertiary/aromatic N) is 1. The van der Waals surface area contributed by atoms with Crippen LogP contribution in [0.3, 0.4) is 0 Å². The molecule has 1 heterocycles. The van der Waals surface area contributed by atoms with E-state index in [0.717, 1.165) is 29.7 Å². The van der Waals surface area contributed by atoms with E-state index in [1.54, 1.807) is 19.1 Å². The molecular formula is C23H27N3O4. The second-order valence-corrected chi connectivity index (χ2v) is 7.68. The van der Waals surface area contributed by atoms with Gasteiger partial charge in [-0.05, 0) is 54.7 Å². The largest absolute Gasteiger partial charge is 0.493 e. The predicted molar refractivity (Wildman–Crippen MR) is 114 cm³/mol. The first kappa shape index (κ1) is 20.1. The molecule has 0 aromatic heterocycles. The van der Waals surface area contributed by atoms with E-state index >= 15 is 0 Å². The fourth-order valence-corrected chi connectivity index (χ4v) is 3.90. The van der Waals surface area contributed by atoms with Crippen LogP contribution in [0.25, 0.3) is 0 Å². The topological polar surface area (TPSA) is 79.9 Å². The summed E-state index contributed by atoms with van der Waals surface area (Å²) in [7, 11) is 3.21. The zero-order chi connectivity index (χ0) is 21.1. The number of benzene rings is 2. The first-order valence-corrected chi connectivity index (χ1v) is 10.3. The molecule has 1 aliphatic heterocycles. The molecule has 1 fully saturated rings. The van der Waals surface area contributed by atoms with Crippen molar-refractivity contribution in [1.29, 1.82) is 0 Å². The lowest BCUT2D eigenvalue weighted by molar-refractivity contribution is -0.122. The Morgan fingerprint density at radius 3 is 2.43 bits per heavy atom. The maximum absolute atomic E-state index is 13.1. The molecule has 158 valence electrons. The number of nitrogens with one attached hydrogen (secondary N) is 2. The van der Waals surface area contributed by atoms with Crippen molar-refractivity contribution < 1.29 is 19.1 Å². The van der Waals surface area contributed by atoms with E-state index in [0.29, 0.717) is 31.0 Å². The maximum Gasteiger partial charge on any atom is 0.322 e. The number of rotatable bonds is 6. The van der Waals surface area contributed by atoms with E-state index in [9.17, 15) is 9.59 Å². The average molecular weight is 409 g/mol. The molecular weight excluding hydrogens is 382 g/mol. The molecule has 0 radical (unpaired) electrons. The van der Waals surface area contributed by atoms with Gasteiger partial charge in [-0.3, -0.25) is 4.79 Å². The van der Waals surface area contributed by atoms with Crippen molar-refractivity contribution in [1.82, 2.24) is 10.2 Å². The van der Waals surface area contributed by atoms with Gasteiger partial charge < -0.3 is 25.0 Å². The summed E-state index contributed by atoms with van der Waals surface area (Å²) in [6.07, 6.45) is 2.58. The Morgan fingerprint density at radius 2 is 1.77 bits per heavy atom. The lowest BCUT2D eigenvalue weighted by Gasteiger charge is -2.38. The third-order valence-electron chi connectivity index (χ3n) is 5.71. The highest BCUT2D eigenvalue weighted by Gasteiger charge is 2.35. The molecule has 0 spiro atoms. The van der Waals surface area contributed by atoms with Gasteiger partial charge in [-0.25, -0.2) is 4.79 Å². The molecule has 0 bridgehead atoms. The molecule has 2 aliphatic rings. The molecule has 1 atom stereocenters. The van der Waals surface area contributed by atoms with Gasteiger partial charge in [0, 0.05) is 24.7 Å². The number of hydrogen-bond donors (Lipinski definition) is 2. The highest BCUT2D eigenvalue weighted by atomic mass is 16.5. The van der Waals surface area contributed by atoms with Crippen molar-refractivity contribution in [2.75, 3.05) is 32.6 Å². The molecule has 30 heavy (non-hydrogen) atoms. The van der Waals surface area contributed by atoms with Gasteiger partial charge in [-0.2, -0.15) is 0 Å². The summed E-state index contributed by atoms with van der Waals surface area (Å²) in [5.74, 6) is 1.45. The molecule has 1 aliphatic carbocycles. The number of carbonyl (C=O) groups excluding carboxylic acids is 2. The Hall–Kier alpha value is -3.22. The zero-order valence-electron chi connectivity index (χ0n) is 17.3. The van der Waals surface area contributed by atoms with Gasteiger partial charge in [0.05, 0.1) is 20.3 Å². The average Bonchev–Trinajstić information content (AvgIpc) is 3.62. The number of methoxy groups -OCH3 is 2. The van der Waals surface area contributed by atoms with Crippen molar-refractivity contribution >= 4 is 17.6 Å². The van der Waals surface area contributed by atoms with Crippen LogP contribution in [0.5, 0.6) is 11.5 Å². The van der Waals surface area contributed by atoms with Crippen LogP contribution in [0.4, 0.5) is 10.5 Å². The number of amides is 3. The van der Waals surface area contributed by atoms with Gasteiger partial charge in [-0.1, -0.05) is 18.2 Å². The van der Waals surface area contributed by atoms with E-state index in [2.05, 4.69) is 10.6 Å². The van der Waals surface area contributed by atoms with Gasteiger partial charge in [0.15, 0.2) is 11.5 Å². The summed E-state index contributed by atoms with van der Waals surface area (Å²) >= 11 is 0. The van der Waals surface area contributed by atoms with Crippen LogP contribution >= 0.6 is 0 Å². The van der Waals surface area contributed by atoms with Crippen LogP contribution in [-0.4, -0.2) is 44.1 Å². The molecule has 4 rings (SSSR count). The normalized spacial score (nSPS) is 17.7. The van der Waals surface area contributed by atoms with Crippen molar-refractivity contribution in [3.8, 4) is 11.5 Å². The van der Waals surface area contributed by atoms with Crippen molar-refractivity contribution in [3.63, 3.8) is 0 Å². The molecule has 1 unspecified atom stereocenters. The monoisotopic (exact) mass is 409 g/mol. The third kappa shape index (κ3) is 4.20. The van der Waals surface area contributed by atoms with E-state index in [1.807, 2.05) is 42.5 Å². The van der Waals surface area contributed by atoms with Crippen LogP contribution < -0.4 is 20.1 Å². The molecule has 0 saturated heterocycles. The number of ether oxygens (including phenoxy) is 2.